The van der Waals surface area contributed by atoms with Crippen molar-refractivity contribution in [1.29, 1.82) is 0 Å². The molecule has 0 saturated heterocycles. The summed E-state index contributed by atoms with van der Waals surface area (Å²) in [7, 11) is 0. The minimum Gasteiger partial charge on any atom is -0.345 e. The van der Waals surface area contributed by atoms with Crippen molar-refractivity contribution in [2.45, 2.75) is 26.8 Å². The number of rotatable bonds is 4. The number of aryl methyl sites for hydroxylation is 1. The molecule has 1 amide bonds. The van der Waals surface area contributed by atoms with Gasteiger partial charge in [-0.25, -0.2) is 0 Å². The van der Waals surface area contributed by atoms with Crippen LogP contribution < -0.4 is 5.32 Å². The van der Waals surface area contributed by atoms with Gasteiger partial charge in [0.1, 0.15) is 0 Å². The van der Waals surface area contributed by atoms with Crippen LogP contribution in [0.25, 0.3) is 0 Å². The van der Waals surface area contributed by atoms with E-state index < -0.39 is 0 Å². The zero-order valence-electron chi connectivity index (χ0n) is 12.4. The van der Waals surface area contributed by atoms with Crippen molar-refractivity contribution in [3.05, 3.63) is 64.4 Å². The number of nitrogens with one attached hydrogen (secondary N) is 1. The summed E-state index contributed by atoms with van der Waals surface area (Å²) >= 11 is 6.13. The number of carbonyl (C=O) groups excluding carboxylic acids is 1. The van der Waals surface area contributed by atoms with Crippen molar-refractivity contribution >= 4 is 17.5 Å². The molecule has 3 nitrogen and oxygen atoms in total. The summed E-state index contributed by atoms with van der Waals surface area (Å²) in [6.07, 6.45) is 1.52. The minimum atomic E-state index is -0.199. The molecule has 21 heavy (non-hydrogen) atoms. The van der Waals surface area contributed by atoms with E-state index in [1.807, 2.05) is 37.3 Å². The van der Waals surface area contributed by atoms with Gasteiger partial charge in [0, 0.05) is 11.9 Å². The molecule has 0 bridgehead atoms. The number of hydrogen-bond donors (Lipinski definition) is 1. The van der Waals surface area contributed by atoms with Crippen LogP contribution >= 0.6 is 11.6 Å². The number of benzene rings is 1. The molecule has 110 valence electrons. The Morgan fingerprint density at radius 2 is 1.90 bits per heavy atom. The zero-order valence-corrected chi connectivity index (χ0v) is 13.2. The highest BCUT2D eigenvalue weighted by atomic mass is 35.5. The molecule has 0 saturated carbocycles. The molecule has 4 heteroatoms. The van der Waals surface area contributed by atoms with Crippen molar-refractivity contribution in [3.63, 3.8) is 0 Å². The molecule has 1 aromatic heterocycles. The molecule has 1 unspecified atom stereocenters. The lowest BCUT2D eigenvalue weighted by Crippen LogP contribution is -2.32. The van der Waals surface area contributed by atoms with Crippen molar-refractivity contribution in [2.75, 3.05) is 0 Å². The van der Waals surface area contributed by atoms with Gasteiger partial charge in [-0.1, -0.05) is 55.8 Å². The van der Waals surface area contributed by atoms with E-state index in [9.17, 15) is 4.79 Å². The van der Waals surface area contributed by atoms with E-state index in [0.717, 1.165) is 11.3 Å². The Kier molecular flexibility index (Phi) is 4.97. The molecular formula is C17H19ClN2O. The number of halogens is 1. The maximum atomic E-state index is 12.4. The van der Waals surface area contributed by atoms with E-state index in [1.165, 1.54) is 6.20 Å². The van der Waals surface area contributed by atoms with Gasteiger partial charge in [-0.05, 0) is 24.5 Å². The fraction of sp³-hybridized carbons (Fsp3) is 0.294. The summed E-state index contributed by atoms with van der Waals surface area (Å²) in [5.74, 6) is 0.0728. The molecule has 0 radical (unpaired) electrons. The average Bonchev–Trinajstić information content (AvgIpc) is 2.45. The van der Waals surface area contributed by atoms with E-state index in [1.54, 1.807) is 6.07 Å². The van der Waals surface area contributed by atoms with Crippen LogP contribution in [-0.4, -0.2) is 10.9 Å². The number of pyridine rings is 1. The topological polar surface area (TPSA) is 42.0 Å². The molecule has 1 atom stereocenters. The van der Waals surface area contributed by atoms with Gasteiger partial charge in [-0.2, -0.15) is 0 Å². The molecule has 1 aromatic carbocycles. The van der Waals surface area contributed by atoms with Crippen molar-refractivity contribution in [3.8, 4) is 0 Å². The molecule has 1 N–H and O–H groups in total. The van der Waals surface area contributed by atoms with Gasteiger partial charge in [-0.15, -0.1) is 0 Å². The average molecular weight is 303 g/mol. The van der Waals surface area contributed by atoms with E-state index in [0.29, 0.717) is 10.6 Å². The van der Waals surface area contributed by atoms with Crippen molar-refractivity contribution in [2.24, 2.45) is 5.92 Å². The first-order valence-electron chi connectivity index (χ1n) is 6.97. The summed E-state index contributed by atoms with van der Waals surface area (Å²) in [5.41, 5.74) is 2.28. The third-order valence-corrected chi connectivity index (χ3v) is 3.66. The quantitative estimate of drug-likeness (QED) is 0.921. The van der Waals surface area contributed by atoms with Gasteiger partial charge < -0.3 is 5.32 Å². The molecule has 0 spiro atoms. The lowest BCUT2D eigenvalue weighted by atomic mass is 9.96. The van der Waals surface area contributed by atoms with Gasteiger partial charge in [0.05, 0.1) is 16.6 Å². The molecule has 0 aliphatic rings. The van der Waals surface area contributed by atoms with Crippen LogP contribution in [-0.2, 0) is 0 Å². The summed E-state index contributed by atoms with van der Waals surface area (Å²) in [6.45, 7) is 5.99. The Morgan fingerprint density at radius 3 is 2.48 bits per heavy atom. The number of amides is 1. The van der Waals surface area contributed by atoms with Crippen LogP contribution in [0, 0.1) is 12.8 Å². The molecule has 0 aliphatic heterocycles. The fourth-order valence-corrected chi connectivity index (χ4v) is 2.50. The number of nitrogens with zero attached hydrogens (tertiary/aromatic N) is 1. The standard InChI is InChI=1S/C17H19ClN2O/c1-11(2)16(13-7-5-4-6-8-13)20-17(21)14-10-19-12(3)9-15(14)18/h4-11,16H,1-3H3,(H,20,21). The number of carbonyl (C=O) groups is 1. The van der Waals surface area contributed by atoms with Crippen LogP contribution in [0.2, 0.25) is 5.02 Å². The molecule has 2 rings (SSSR count). The Bertz CT molecular complexity index is 626. The Hall–Kier alpha value is -1.87. The lowest BCUT2D eigenvalue weighted by molar-refractivity contribution is 0.0925. The number of aromatic nitrogens is 1. The smallest absolute Gasteiger partial charge is 0.254 e. The second-order valence-electron chi connectivity index (χ2n) is 5.41. The highest BCUT2D eigenvalue weighted by Crippen LogP contribution is 2.23. The zero-order chi connectivity index (χ0) is 15.4. The first-order valence-corrected chi connectivity index (χ1v) is 7.34. The minimum absolute atomic E-state index is 0.0592. The third kappa shape index (κ3) is 3.82. The van der Waals surface area contributed by atoms with Gasteiger partial charge in [0.25, 0.3) is 5.91 Å². The fourth-order valence-electron chi connectivity index (χ4n) is 2.21. The largest absolute Gasteiger partial charge is 0.345 e. The van der Waals surface area contributed by atoms with E-state index in [2.05, 4.69) is 24.1 Å². The lowest BCUT2D eigenvalue weighted by Gasteiger charge is -2.23. The first kappa shape index (κ1) is 15.5. The normalized spacial score (nSPS) is 12.2. The predicted molar refractivity (Wildman–Crippen MR) is 85.5 cm³/mol. The van der Waals surface area contributed by atoms with Crippen molar-refractivity contribution < 1.29 is 4.79 Å². The van der Waals surface area contributed by atoms with Crippen LogP contribution in [0.1, 0.15) is 41.5 Å². The summed E-state index contributed by atoms with van der Waals surface area (Å²) in [6, 6.07) is 11.6. The van der Waals surface area contributed by atoms with E-state index in [-0.39, 0.29) is 17.9 Å². The highest BCUT2D eigenvalue weighted by Gasteiger charge is 2.20. The van der Waals surface area contributed by atoms with Crippen LogP contribution in [0.5, 0.6) is 0 Å². The maximum Gasteiger partial charge on any atom is 0.254 e. The summed E-state index contributed by atoms with van der Waals surface area (Å²) in [4.78, 5) is 16.6. The molecule has 0 aliphatic carbocycles. The summed E-state index contributed by atoms with van der Waals surface area (Å²) < 4.78 is 0. The predicted octanol–water partition coefficient (Wildman–Crippen LogP) is 4.17. The second kappa shape index (κ2) is 6.72. The van der Waals surface area contributed by atoms with Gasteiger partial charge in [0.2, 0.25) is 0 Å². The molecule has 0 fully saturated rings. The van der Waals surface area contributed by atoms with Crippen LogP contribution in [0.4, 0.5) is 0 Å². The Morgan fingerprint density at radius 1 is 1.24 bits per heavy atom. The monoisotopic (exact) mass is 302 g/mol. The van der Waals surface area contributed by atoms with Gasteiger partial charge >= 0.3 is 0 Å². The Balaban J connectivity index is 2.23. The SMILES string of the molecule is Cc1cc(Cl)c(C(=O)NC(c2ccccc2)C(C)C)cn1. The molecule has 1 heterocycles. The molecule has 2 aromatic rings. The highest BCUT2D eigenvalue weighted by molar-refractivity contribution is 6.33. The van der Waals surface area contributed by atoms with E-state index >= 15 is 0 Å². The third-order valence-electron chi connectivity index (χ3n) is 3.35. The summed E-state index contributed by atoms with van der Waals surface area (Å²) in [5, 5.41) is 3.47. The van der Waals surface area contributed by atoms with Crippen molar-refractivity contribution in [1.82, 2.24) is 10.3 Å². The maximum absolute atomic E-state index is 12.4. The van der Waals surface area contributed by atoms with Crippen LogP contribution in [0.15, 0.2) is 42.6 Å². The van der Waals surface area contributed by atoms with Gasteiger partial charge in [0.15, 0.2) is 0 Å². The molecular weight excluding hydrogens is 284 g/mol. The first-order chi connectivity index (χ1) is 9.99. The Labute approximate surface area is 130 Å². The van der Waals surface area contributed by atoms with Crippen LogP contribution in [0.3, 0.4) is 0 Å². The number of hydrogen-bond acceptors (Lipinski definition) is 2. The van der Waals surface area contributed by atoms with Gasteiger partial charge in [-0.3, -0.25) is 9.78 Å². The second-order valence-corrected chi connectivity index (χ2v) is 5.82. The van der Waals surface area contributed by atoms with E-state index in [4.69, 9.17) is 11.6 Å².